The van der Waals surface area contributed by atoms with Crippen molar-refractivity contribution in [3.05, 3.63) is 18.2 Å². The molecule has 0 aliphatic carbocycles. The van der Waals surface area contributed by atoms with E-state index in [9.17, 15) is 4.79 Å². The van der Waals surface area contributed by atoms with Crippen molar-refractivity contribution in [1.82, 2.24) is 15.2 Å². The lowest BCUT2D eigenvalue weighted by Crippen LogP contribution is -2.15. The first-order valence-corrected chi connectivity index (χ1v) is 2.24. The van der Waals surface area contributed by atoms with Crippen LogP contribution in [-0.2, 0) is 0 Å². The van der Waals surface area contributed by atoms with Crippen molar-refractivity contribution in [3.63, 3.8) is 0 Å². The second-order valence-corrected chi connectivity index (χ2v) is 1.33. The van der Waals surface area contributed by atoms with Gasteiger partial charge >= 0.3 is 0 Å². The molecule has 1 aromatic heterocycles. The van der Waals surface area contributed by atoms with E-state index in [-0.39, 0.29) is 5.82 Å². The Labute approximate surface area is 50.9 Å². The second kappa shape index (κ2) is 2.17. The van der Waals surface area contributed by atoms with Gasteiger partial charge in [0.25, 0.3) is 5.91 Å². The molecule has 0 aromatic carbocycles. The third kappa shape index (κ3) is 1.18. The van der Waals surface area contributed by atoms with E-state index in [4.69, 9.17) is 5.73 Å². The molecule has 0 aliphatic rings. The van der Waals surface area contributed by atoms with Crippen molar-refractivity contribution in [2.45, 2.75) is 0 Å². The van der Waals surface area contributed by atoms with Crippen LogP contribution in [0, 0.1) is 0 Å². The number of hydrogen-bond acceptors (Lipinski definition) is 4. The molecule has 0 unspecified atom stereocenters. The molecule has 1 rings (SSSR count). The molecule has 0 saturated heterocycles. The summed E-state index contributed by atoms with van der Waals surface area (Å²) in [6.45, 7) is 0. The molecule has 5 heteroatoms. The van der Waals surface area contributed by atoms with Gasteiger partial charge in [0.1, 0.15) is 0 Å². The average molecular weight is 124 g/mol. The molecule has 1 aromatic rings. The molecule has 9 heavy (non-hydrogen) atoms. The predicted molar refractivity (Wildman–Crippen MR) is 28.3 cm³/mol. The Balaban J connectivity index is 2.98. The Hall–Kier alpha value is -1.52. The Bertz CT molecular complexity index is 209. The van der Waals surface area contributed by atoms with Crippen LogP contribution in [-0.4, -0.2) is 21.1 Å². The number of nitrogens with zero attached hydrogens (tertiary/aromatic N) is 3. The monoisotopic (exact) mass is 124 g/mol. The van der Waals surface area contributed by atoms with Crippen LogP contribution in [0.25, 0.3) is 0 Å². The van der Waals surface area contributed by atoms with Crippen LogP contribution in [0.3, 0.4) is 0 Å². The predicted octanol–water partition coefficient (Wildman–Crippen LogP) is -1.03. The van der Waals surface area contributed by atoms with Crippen molar-refractivity contribution in [1.29, 1.82) is 0 Å². The van der Waals surface area contributed by atoms with E-state index >= 15 is 0 Å². The fourth-order valence-corrected chi connectivity index (χ4v) is 0.360. The Morgan fingerprint density at radius 2 is 2.33 bits per heavy atom. The minimum Gasteiger partial charge on any atom is -0.363 e. The van der Waals surface area contributed by atoms with Crippen molar-refractivity contribution in [2.24, 2.45) is 5.73 Å². The van der Waals surface area contributed by atoms with Crippen LogP contribution in [0.1, 0.15) is 10.6 Å². The first-order chi connectivity index (χ1) is 4.30. The van der Waals surface area contributed by atoms with E-state index in [2.05, 4.69) is 15.2 Å². The number of aromatic nitrogens is 3. The molecule has 1 heterocycles. The maximum absolute atomic E-state index is 10.3. The molecule has 0 bridgehead atoms. The summed E-state index contributed by atoms with van der Waals surface area (Å²) in [7, 11) is 0. The minimum atomic E-state index is -0.664. The highest BCUT2D eigenvalue weighted by molar-refractivity contribution is 5.88. The Morgan fingerprint density at radius 1 is 1.56 bits per heavy atom. The summed E-state index contributed by atoms with van der Waals surface area (Å²) in [4.78, 5) is 13.8. The molecule has 0 saturated carbocycles. The summed E-state index contributed by atoms with van der Waals surface area (Å²) < 4.78 is 0. The van der Waals surface area contributed by atoms with Gasteiger partial charge in [0.2, 0.25) is 5.82 Å². The second-order valence-electron chi connectivity index (χ2n) is 1.33. The van der Waals surface area contributed by atoms with Crippen LogP contribution in [0.15, 0.2) is 12.4 Å². The van der Waals surface area contributed by atoms with E-state index < -0.39 is 5.91 Å². The highest BCUT2D eigenvalue weighted by Gasteiger charge is 1.99. The summed E-state index contributed by atoms with van der Waals surface area (Å²) in [5, 5.41) is 6.74. The van der Waals surface area contributed by atoms with E-state index in [1.165, 1.54) is 12.4 Å². The van der Waals surface area contributed by atoms with E-state index in [0.29, 0.717) is 0 Å². The molecule has 0 radical (unpaired) electrons. The zero-order valence-corrected chi connectivity index (χ0v) is 4.48. The standard InChI is InChI=1S/C4H4N4O/c5-3(9)4-6-1-2-7-8-4/h1-2H,(H2,5,9). The number of rotatable bonds is 1. The lowest BCUT2D eigenvalue weighted by atomic mass is 10.6. The molecule has 1 amide bonds. The smallest absolute Gasteiger partial charge is 0.288 e. The van der Waals surface area contributed by atoms with Gasteiger partial charge in [-0.1, -0.05) is 0 Å². The van der Waals surface area contributed by atoms with Gasteiger partial charge in [-0.15, -0.1) is 5.10 Å². The van der Waals surface area contributed by atoms with Crippen LogP contribution in [0.2, 0.25) is 0 Å². The third-order valence-electron chi connectivity index (χ3n) is 0.703. The number of nitrogens with two attached hydrogens (primary N) is 1. The molecule has 0 fully saturated rings. The van der Waals surface area contributed by atoms with Gasteiger partial charge in [-0.2, -0.15) is 5.10 Å². The topological polar surface area (TPSA) is 81.8 Å². The Morgan fingerprint density at radius 3 is 2.67 bits per heavy atom. The Kier molecular flexibility index (Phi) is 1.35. The fourth-order valence-electron chi connectivity index (χ4n) is 0.360. The highest BCUT2D eigenvalue weighted by atomic mass is 16.1. The number of carbonyl (C=O) groups excluding carboxylic acids is 1. The molecule has 0 aliphatic heterocycles. The summed E-state index contributed by atoms with van der Waals surface area (Å²) in [6, 6.07) is 0. The summed E-state index contributed by atoms with van der Waals surface area (Å²) in [5.41, 5.74) is 4.81. The van der Waals surface area contributed by atoms with Gasteiger partial charge in [0.05, 0.1) is 6.20 Å². The highest BCUT2D eigenvalue weighted by Crippen LogP contribution is 1.78. The molecule has 0 atom stereocenters. The van der Waals surface area contributed by atoms with Crippen molar-refractivity contribution < 1.29 is 4.79 Å². The zero-order valence-electron chi connectivity index (χ0n) is 4.48. The number of primary amides is 1. The fraction of sp³-hybridized carbons (Fsp3) is 0. The van der Waals surface area contributed by atoms with Crippen molar-refractivity contribution in [3.8, 4) is 0 Å². The summed E-state index contributed by atoms with van der Waals surface area (Å²) in [5.74, 6) is -0.722. The lowest BCUT2D eigenvalue weighted by molar-refractivity contribution is 0.0989. The van der Waals surface area contributed by atoms with E-state index in [1.54, 1.807) is 0 Å². The average Bonchev–Trinajstić information content (AvgIpc) is 1.90. The SMILES string of the molecule is NC(=O)c1nccnn1. The first kappa shape index (κ1) is 5.61. The quantitative estimate of drug-likeness (QED) is 0.519. The largest absolute Gasteiger partial charge is 0.363 e. The summed E-state index contributed by atoms with van der Waals surface area (Å²) in [6.07, 6.45) is 2.72. The van der Waals surface area contributed by atoms with Gasteiger partial charge in [0, 0.05) is 6.20 Å². The maximum atomic E-state index is 10.3. The van der Waals surface area contributed by atoms with Crippen molar-refractivity contribution >= 4 is 5.91 Å². The van der Waals surface area contributed by atoms with Crippen LogP contribution in [0.4, 0.5) is 0 Å². The normalized spacial score (nSPS) is 8.89. The van der Waals surface area contributed by atoms with Gasteiger partial charge in [-0.25, -0.2) is 4.98 Å². The zero-order chi connectivity index (χ0) is 6.69. The maximum Gasteiger partial charge on any atom is 0.288 e. The van der Waals surface area contributed by atoms with Gasteiger partial charge in [0.15, 0.2) is 0 Å². The summed E-state index contributed by atoms with van der Waals surface area (Å²) >= 11 is 0. The van der Waals surface area contributed by atoms with Gasteiger partial charge in [-0.3, -0.25) is 4.79 Å². The van der Waals surface area contributed by atoms with Gasteiger partial charge < -0.3 is 5.73 Å². The minimum absolute atomic E-state index is 0.0579. The van der Waals surface area contributed by atoms with E-state index in [0.717, 1.165) is 0 Å². The van der Waals surface area contributed by atoms with Crippen LogP contribution in [0.5, 0.6) is 0 Å². The number of hydrogen-bond donors (Lipinski definition) is 1. The molecule has 0 spiro atoms. The van der Waals surface area contributed by atoms with Crippen molar-refractivity contribution in [2.75, 3.05) is 0 Å². The van der Waals surface area contributed by atoms with Crippen LogP contribution < -0.4 is 5.73 Å². The number of amides is 1. The number of carbonyl (C=O) groups is 1. The molecule has 2 N–H and O–H groups in total. The molecular weight excluding hydrogens is 120 g/mol. The van der Waals surface area contributed by atoms with E-state index in [1.807, 2.05) is 0 Å². The third-order valence-corrected chi connectivity index (χ3v) is 0.703. The van der Waals surface area contributed by atoms with Crippen LogP contribution >= 0.6 is 0 Å². The molecule has 46 valence electrons. The first-order valence-electron chi connectivity index (χ1n) is 2.24. The van der Waals surface area contributed by atoms with Gasteiger partial charge in [-0.05, 0) is 0 Å². The lowest BCUT2D eigenvalue weighted by Gasteiger charge is -1.86. The molecular formula is C4H4N4O. The molecule has 5 nitrogen and oxygen atoms in total.